The second-order valence-electron chi connectivity index (χ2n) is 7.08. The molecule has 1 N–H and O–H groups in total. The average Bonchev–Trinajstić information content (AvgIpc) is 3.24. The lowest BCUT2D eigenvalue weighted by atomic mass is 10.0. The predicted octanol–water partition coefficient (Wildman–Crippen LogP) is 3.67. The molecule has 0 spiro atoms. The van der Waals surface area contributed by atoms with E-state index >= 15 is 0 Å². The fraction of sp³-hybridized carbons (Fsp3) is 0.368. The van der Waals surface area contributed by atoms with E-state index in [0.717, 1.165) is 12.5 Å². The van der Waals surface area contributed by atoms with E-state index in [1.54, 1.807) is 17.7 Å². The fourth-order valence-electron chi connectivity index (χ4n) is 3.36. The van der Waals surface area contributed by atoms with E-state index in [0.29, 0.717) is 30.4 Å². The Hall–Kier alpha value is -2.81. The maximum atomic E-state index is 13.3. The number of hydrogen-bond donors (Lipinski definition) is 1. The van der Waals surface area contributed by atoms with Crippen LogP contribution in [0.4, 0.5) is 13.2 Å². The van der Waals surface area contributed by atoms with Crippen LogP contribution in [0.5, 0.6) is 5.88 Å². The monoisotopic (exact) mass is 392 g/mol. The number of ether oxygens (including phenoxy) is 1. The summed E-state index contributed by atoms with van der Waals surface area (Å²) in [6, 6.07) is 10.9. The first-order valence-corrected chi connectivity index (χ1v) is 8.80. The van der Waals surface area contributed by atoms with Crippen molar-refractivity contribution in [2.45, 2.75) is 44.8 Å². The van der Waals surface area contributed by atoms with Gasteiger partial charge in [-0.15, -0.1) is 5.10 Å². The van der Waals surface area contributed by atoms with Crippen molar-refractivity contribution in [3.8, 4) is 17.3 Å². The van der Waals surface area contributed by atoms with Gasteiger partial charge in [0.05, 0.1) is 30.2 Å². The number of fused-ring (bicyclic) bond motifs is 3. The molecule has 0 fully saturated rings. The second kappa shape index (κ2) is 6.37. The largest absolute Gasteiger partial charge is 0.472 e. The minimum Gasteiger partial charge on any atom is -0.472 e. The number of alkyl halides is 3. The molecule has 0 aliphatic carbocycles. The summed E-state index contributed by atoms with van der Waals surface area (Å²) in [6.45, 7) is 3.15. The number of halogens is 3. The van der Waals surface area contributed by atoms with Crippen molar-refractivity contribution >= 4 is 0 Å². The molecule has 0 saturated carbocycles. The SMILES string of the molecule is C[C@H]1Cn2nc(OCc3ccccc3)cc2-c2cnc(C(C)(O)C(F)(F)F)n21. The Bertz CT molecular complexity index is 993. The van der Waals surface area contributed by atoms with Gasteiger partial charge in [-0.25, -0.2) is 4.98 Å². The highest BCUT2D eigenvalue weighted by Crippen LogP contribution is 2.42. The van der Waals surface area contributed by atoms with Crippen LogP contribution in [0.3, 0.4) is 0 Å². The maximum absolute atomic E-state index is 13.3. The van der Waals surface area contributed by atoms with E-state index in [1.807, 2.05) is 30.3 Å². The number of nitrogens with zero attached hydrogens (tertiary/aromatic N) is 4. The zero-order valence-electron chi connectivity index (χ0n) is 15.3. The predicted molar refractivity (Wildman–Crippen MR) is 94.6 cm³/mol. The lowest BCUT2D eigenvalue weighted by Gasteiger charge is -2.31. The Morgan fingerprint density at radius 3 is 2.61 bits per heavy atom. The average molecular weight is 392 g/mol. The summed E-state index contributed by atoms with van der Waals surface area (Å²) in [7, 11) is 0. The first-order chi connectivity index (χ1) is 13.2. The molecule has 2 aromatic heterocycles. The van der Waals surface area contributed by atoms with Crippen molar-refractivity contribution in [3.05, 3.63) is 54.0 Å². The number of rotatable bonds is 4. The normalized spacial score (nSPS) is 18.3. The molecule has 1 aliphatic heterocycles. The van der Waals surface area contributed by atoms with E-state index in [4.69, 9.17) is 4.74 Å². The molecule has 0 saturated heterocycles. The number of aliphatic hydroxyl groups is 1. The molecular weight excluding hydrogens is 373 g/mol. The lowest BCUT2D eigenvalue weighted by Crippen LogP contribution is -2.42. The molecule has 3 heterocycles. The Labute approximate surface area is 159 Å². The van der Waals surface area contributed by atoms with Crippen LogP contribution in [0.1, 0.15) is 31.3 Å². The third-order valence-corrected chi connectivity index (χ3v) is 4.91. The van der Waals surface area contributed by atoms with Crippen LogP contribution < -0.4 is 4.74 Å². The summed E-state index contributed by atoms with van der Waals surface area (Å²) in [5.41, 5.74) is -1.01. The molecular formula is C19H19F3N4O2. The van der Waals surface area contributed by atoms with Crippen molar-refractivity contribution in [2.24, 2.45) is 0 Å². The molecule has 1 unspecified atom stereocenters. The molecule has 0 bridgehead atoms. The first kappa shape index (κ1) is 18.5. The second-order valence-corrected chi connectivity index (χ2v) is 7.08. The molecule has 2 atom stereocenters. The minimum atomic E-state index is -4.84. The van der Waals surface area contributed by atoms with Crippen molar-refractivity contribution in [1.29, 1.82) is 0 Å². The smallest absolute Gasteiger partial charge is 0.424 e. The number of benzene rings is 1. The lowest BCUT2D eigenvalue weighted by molar-refractivity contribution is -0.262. The highest BCUT2D eigenvalue weighted by Gasteiger charge is 2.55. The van der Waals surface area contributed by atoms with Crippen molar-refractivity contribution in [1.82, 2.24) is 19.3 Å². The van der Waals surface area contributed by atoms with Gasteiger partial charge in [-0.3, -0.25) is 4.68 Å². The summed E-state index contributed by atoms with van der Waals surface area (Å²) < 4.78 is 48.8. The van der Waals surface area contributed by atoms with Gasteiger partial charge in [0.1, 0.15) is 6.61 Å². The number of imidazole rings is 1. The Kier molecular flexibility index (Phi) is 4.22. The standard InChI is InChI=1S/C19H19F3N4O2/c1-12-10-25-14(8-16(24-25)28-11-13-6-4-3-5-7-13)15-9-23-17(26(12)15)18(2,27)19(20,21)22/h3-9,12,27H,10-11H2,1-2H3/t12-,18?/m0/s1. The summed E-state index contributed by atoms with van der Waals surface area (Å²) in [4.78, 5) is 3.90. The van der Waals surface area contributed by atoms with Crippen LogP contribution in [-0.4, -0.2) is 30.6 Å². The third kappa shape index (κ3) is 2.95. The molecule has 1 aromatic carbocycles. The Morgan fingerprint density at radius 1 is 1.21 bits per heavy atom. The van der Waals surface area contributed by atoms with Gasteiger partial charge in [0.25, 0.3) is 0 Å². The molecule has 148 valence electrons. The molecule has 3 aromatic rings. The van der Waals surface area contributed by atoms with Crippen LogP contribution in [0.15, 0.2) is 42.6 Å². The first-order valence-electron chi connectivity index (χ1n) is 8.80. The summed E-state index contributed by atoms with van der Waals surface area (Å²) in [5.74, 6) is -0.0495. The van der Waals surface area contributed by atoms with Crippen LogP contribution >= 0.6 is 0 Å². The van der Waals surface area contributed by atoms with Gasteiger partial charge in [0.15, 0.2) is 5.82 Å². The zero-order chi connectivity index (χ0) is 20.1. The molecule has 4 rings (SSSR count). The maximum Gasteiger partial charge on any atom is 0.424 e. The van der Waals surface area contributed by atoms with Crippen LogP contribution in [0.2, 0.25) is 0 Å². The van der Waals surface area contributed by atoms with Gasteiger partial charge < -0.3 is 14.4 Å². The van der Waals surface area contributed by atoms with Crippen molar-refractivity contribution in [3.63, 3.8) is 0 Å². The van der Waals surface area contributed by atoms with E-state index < -0.39 is 17.6 Å². The van der Waals surface area contributed by atoms with Crippen LogP contribution in [0, 0.1) is 0 Å². The van der Waals surface area contributed by atoms with Gasteiger partial charge in [0, 0.05) is 6.07 Å². The quantitative estimate of drug-likeness (QED) is 0.736. The molecule has 0 radical (unpaired) electrons. The number of aromatic nitrogens is 4. The number of hydrogen-bond acceptors (Lipinski definition) is 4. The van der Waals surface area contributed by atoms with Crippen LogP contribution in [-0.2, 0) is 18.8 Å². The van der Waals surface area contributed by atoms with Crippen molar-refractivity contribution < 1.29 is 23.0 Å². The van der Waals surface area contributed by atoms with Gasteiger partial charge in [-0.1, -0.05) is 30.3 Å². The van der Waals surface area contributed by atoms with E-state index in [2.05, 4.69) is 10.1 Å². The molecule has 6 nitrogen and oxygen atoms in total. The van der Waals surface area contributed by atoms with Gasteiger partial charge >= 0.3 is 6.18 Å². The van der Waals surface area contributed by atoms with E-state index in [1.165, 1.54) is 10.8 Å². The van der Waals surface area contributed by atoms with Gasteiger partial charge in [-0.2, -0.15) is 13.2 Å². The van der Waals surface area contributed by atoms with Gasteiger partial charge in [0.2, 0.25) is 11.5 Å². The molecule has 28 heavy (non-hydrogen) atoms. The fourth-order valence-corrected chi connectivity index (χ4v) is 3.36. The summed E-state index contributed by atoms with van der Waals surface area (Å²) in [5, 5.41) is 14.5. The highest BCUT2D eigenvalue weighted by molar-refractivity contribution is 5.58. The van der Waals surface area contributed by atoms with E-state index in [9.17, 15) is 18.3 Å². The van der Waals surface area contributed by atoms with Gasteiger partial charge in [-0.05, 0) is 19.4 Å². The Morgan fingerprint density at radius 2 is 1.93 bits per heavy atom. The summed E-state index contributed by atoms with van der Waals surface area (Å²) in [6.07, 6.45) is -3.50. The van der Waals surface area contributed by atoms with Crippen LogP contribution in [0.25, 0.3) is 11.4 Å². The molecule has 0 amide bonds. The van der Waals surface area contributed by atoms with Crippen molar-refractivity contribution in [2.75, 3.05) is 0 Å². The van der Waals surface area contributed by atoms with E-state index in [-0.39, 0.29) is 6.04 Å². The molecule has 9 heteroatoms. The zero-order valence-corrected chi connectivity index (χ0v) is 15.3. The molecule has 1 aliphatic rings. The minimum absolute atomic E-state index is 0.333. The topological polar surface area (TPSA) is 65.1 Å². The highest BCUT2D eigenvalue weighted by atomic mass is 19.4. The summed E-state index contributed by atoms with van der Waals surface area (Å²) >= 11 is 0. The Balaban J connectivity index is 1.67. The third-order valence-electron chi connectivity index (χ3n) is 4.91.